The van der Waals surface area contributed by atoms with Gasteiger partial charge in [-0.1, -0.05) is 42.6 Å². The molecule has 0 aliphatic carbocycles. The number of sulfonamides is 1. The van der Waals surface area contributed by atoms with E-state index in [0.29, 0.717) is 28.6 Å². The highest BCUT2D eigenvalue weighted by atomic mass is 35.5. The fourth-order valence-electron chi connectivity index (χ4n) is 4.56. The van der Waals surface area contributed by atoms with Crippen LogP contribution in [0, 0.1) is 0 Å². The normalized spacial score (nSPS) is 11.7. The topological polar surface area (TPSA) is 124 Å². The number of carbonyl (C=O) groups excluding carboxylic acids is 2. The lowest BCUT2D eigenvalue weighted by atomic mass is 10.1. The molecule has 250 valence electrons. The van der Waals surface area contributed by atoms with Gasteiger partial charge in [0.15, 0.2) is 11.5 Å². The molecule has 3 aromatic rings. The fourth-order valence-corrected chi connectivity index (χ4v) is 6.46. The highest BCUT2D eigenvalue weighted by Crippen LogP contribution is 2.38. The number of hydrogen-bond acceptors (Lipinski definition) is 8. The van der Waals surface area contributed by atoms with Gasteiger partial charge in [0.25, 0.3) is 10.0 Å². The second-order valence-corrected chi connectivity index (χ2v) is 12.9. The summed E-state index contributed by atoms with van der Waals surface area (Å²) in [6, 6.07) is 12.5. The minimum atomic E-state index is -4.48. The van der Waals surface area contributed by atoms with Gasteiger partial charge in [-0.05, 0) is 55.3 Å². The summed E-state index contributed by atoms with van der Waals surface area (Å²) in [5, 5.41) is 3.53. The maximum atomic E-state index is 14.4. The Hall–Kier alpha value is -3.87. The summed E-state index contributed by atoms with van der Waals surface area (Å²) in [4.78, 5) is 28.6. The molecule has 0 radical (unpaired) electrons. The average molecular weight is 697 g/mol. The van der Waals surface area contributed by atoms with Gasteiger partial charge in [-0.15, -0.1) is 0 Å². The molecule has 1 N–H and O–H groups in total. The van der Waals surface area contributed by atoms with Gasteiger partial charge in [0.1, 0.15) is 24.1 Å². The Morgan fingerprint density at radius 3 is 2.15 bits per heavy atom. The third kappa shape index (κ3) is 8.68. The van der Waals surface area contributed by atoms with Crippen LogP contribution in [0.1, 0.15) is 32.3 Å². The lowest BCUT2D eigenvalue weighted by molar-refractivity contribution is -0.139. The lowest BCUT2D eigenvalue weighted by Crippen LogP contribution is -2.51. The molecular weight excluding hydrogens is 657 g/mol. The number of halogens is 2. The van der Waals surface area contributed by atoms with E-state index in [2.05, 4.69) is 5.32 Å². The zero-order valence-electron chi connectivity index (χ0n) is 26.6. The average Bonchev–Trinajstić information content (AvgIpc) is 3.05. The van der Waals surface area contributed by atoms with Gasteiger partial charge in [0, 0.05) is 35.3 Å². The molecule has 2 amide bonds. The number of amides is 2. The van der Waals surface area contributed by atoms with Crippen molar-refractivity contribution in [2.24, 2.45) is 0 Å². The monoisotopic (exact) mass is 695 g/mol. The predicted octanol–water partition coefficient (Wildman–Crippen LogP) is 5.56. The number of anilines is 1. The number of nitrogens with zero attached hydrogens (tertiary/aromatic N) is 2. The summed E-state index contributed by atoms with van der Waals surface area (Å²) >= 11 is 12.6. The van der Waals surface area contributed by atoms with Gasteiger partial charge in [-0.2, -0.15) is 0 Å². The third-order valence-electron chi connectivity index (χ3n) is 7.23. The van der Waals surface area contributed by atoms with E-state index in [0.717, 1.165) is 17.1 Å². The molecule has 46 heavy (non-hydrogen) atoms. The first-order valence-corrected chi connectivity index (χ1v) is 16.6. The number of hydrogen-bond donors (Lipinski definition) is 1. The van der Waals surface area contributed by atoms with Crippen LogP contribution < -0.4 is 28.6 Å². The van der Waals surface area contributed by atoms with E-state index in [9.17, 15) is 18.0 Å². The summed E-state index contributed by atoms with van der Waals surface area (Å²) in [6.07, 6.45) is 1.62. The zero-order chi connectivity index (χ0) is 34.0. The molecule has 14 heteroatoms. The number of carbonyl (C=O) groups is 2. The summed E-state index contributed by atoms with van der Waals surface area (Å²) in [5.41, 5.74) is 0.551. The Balaban J connectivity index is 2.16. The van der Waals surface area contributed by atoms with Crippen LogP contribution in [0.3, 0.4) is 0 Å². The first-order valence-electron chi connectivity index (χ1n) is 14.4. The van der Waals surface area contributed by atoms with E-state index in [4.69, 9.17) is 42.1 Å². The van der Waals surface area contributed by atoms with Crippen LogP contribution in [0.15, 0.2) is 59.5 Å². The number of ether oxygens (including phenoxy) is 4. The summed E-state index contributed by atoms with van der Waals surface area (Å²) in [5.74, 6) is -0.112. The smallest absolute Gasteiger partial charge is 0.265 e. The molecule has 1 atom stereocenters. The van der Waals surface area contributed by atoms with E-state index in [1.54, 1.807) is 25.1 Å². The van der Waals surface area contributed by atoms with E-state index >= 15 is 0 Å². The standard InChI is InChI=1S/C32H39Cl2N3O8S/c1-7-8-15-35-32(39)21(2)36(19-22-9-10-23(33)16-26(22)34)31(38)20-37(27-17-24(42-3)11-13-28(27)43-4)46(40,41)25-12-14-29(44-5)30(18-25)45-6/h9-14,16-18,21H,7-8,15,19-20H2,1-6H3,(H,35,39)/t21-/m1/s1. The van der Waals surface area contributed by atoms with Gasteiger partial charge >= 0.3 is 0 Å². The van der Waals surface area contributed by atoms with Crippen LogP contribution in [0.25, 0.3) is 0 Å². The number of unbranched alkanes of at least 4 members (excludes halogenated alkanes) is 1. The Bertz CT molecular complexity index is 1640. The van der Waals surface area contributed by atoms with Gasteiger partial charge in [-0.3, -0.25) is 13.9 Å². The maximum Gasteiger partial charge on any atom is 0.265 e. The molecule has 0 fully saturated rings. The van der Waals surface area contributed by atoms with Crippen molar-refractivity contribution in [1.82, 2.24) is 10.2 Å². The largest absolute Gasteiger partial charge is 0.497 e. The predicted molar refractivity (Wildman–Crippen MR) is 178 cm³/mol. The molecule has 3 rings (SSSR count). The highest BCUT2D eigenvalue weighted by molar-refractivity contribution is 7.92. The summed E-state index contributed by atoms with van der Waals surface area (Å²) in [7, 11) is 1.15. The number of methoxy groups -OCH3 is 4. The minimum absolute atomic E-state index is 0.0366. The van der Waals surface area contributed by atoms with Gasteiger partial charge in [0.05, 0.1) is 39.0 Å². The molecule has 0 heterocycles. The Labute approximate surface area is 280 Å². The van der Waals surface area contributed by atoms with Crippen LogP contribution in [-0.4, -0.2) is 72.7 Å². The molecule has 0 saturated heterocycles. The van der Waals surface area contributed by atoms with Crippen LogP contribution in [0.4, 0.5) is 5.69 Å². The Morgan fingerprint density at radius 2 is 1.54 bits per heavy atom. The number of benzene rings is 3. The molecule has 0 saturated carbocycles. The van der Waals surface area contributed by atoms with E-state index in [1.807, 2.05) is 6.92 Å². The number of nitrogens with one attached hydrogen (secondary N) is 1. The molecule has 3 aromatic carbocycles. The second-order valence-electron chi connectivity index (χ2n) is 10.1. The van der Waals surface area contributed by atoms with Crippen LogP contribution in [-0.2, 0) is 26.2 Å². The van der Waals surface area contributed by atoms with Crippen molar-refractivity contribution < 1.29 is 37.0 Å². The van der Waals surface area contributed by atoms with Gasteiger partial charge in [-0.25, -0.2) is 8.42 Å². The van der Waals surface area contributed by atoms with Crippen molar-refractivity contribution >= 4 is 50.7 Å². The zero-order valence-corrected chi connectivity index (χ0v) is 29.0. The molecule has 0 aliphatic heterocycles. The van der Waals surface area contributed by atoms with Crippen molar-refractivity contribution in [3.05, 3.63) is 70.2 Å². The fraction of sp³-hybridized carbons (Fsp3) is 0.375. The van der Waals surface area contributed by atoms with Crippen LogP contribution in [0.5, 0.6) is 23.0 Å². The van der Waals surface area contributed by atoms with E-state index in [-0.39, 0.29) is 33.6 Å². The van der Waals surface area contributed by atoms with Crippen molar-refractivity contribution in [1.29, 1.82) is 0 Å². The van der Waals surface area contributed by atoms with Gasteiger partial charge < -0.3 is 29.2 Å². The lowest BCUT2D eigenvalue weighted by Gasteiger charge is -2.32. The molecule has 0 unspecified atom stereocenters. The molecule has 0 spiro atoms. The van der Waals surface area contributed by atoms with Crippen molar-refractivity contribution in [3.8, 4) is 23.0 Å². The molecular formula is C32H39Cl2N3O8S. The minimum Gasteiger partial charge on any atom is -0.497 e. The molecule has 0 aliphatic rings. The van der Waals surface area contributed by atoms with Crippen molar-refractivity contribution in [2.45, 2.75) is 44.2 Å². The van der Waals surface area contributed by atoms with Crippen LogP contribution >= 0.6 is 23.2 Å². The highest BCUT2D eigenvalue weighted by Gasteiger charge is 2.35. The second kappa shape index (κ2) is 16.6. The van der Waals surface area contributed by atoms with Gasteiger partial charge in [0.2, 0.25) is 11.8 Å². The first kappa shape index (κ1) is 36.6. The summed E-state index contributed by atoms with van der Waals surface area (Å²) in [6.45, 7) is 3.18. The van der Waals surface area contributed by atoms with E-state index < -0.39 is 34.4 Å². The van der Waals surface area contributed by atoms with E-state index in [1.165, 1.54) is 69.7 Å². The van der Waals surface area contributed by atoms with Crippen molar-refractivity contribution in [3.63, 3.8) is 0 Å². The molecule has 11 nitrogen and oxygen atoms in total. The SMILES string of the molecule is CCCCNC(=O)[C@@H](C)N(Cc1ccc(Cl)cc1Cl)C(=O)CN(c1cc(OC)ccc1OC)S(=O)(=O)c1ccc(OC)c(OC)c1. The van der Waals surface area contributed by atoms with Crippen molar-refractivity contribution in [2.75, 3.05) is 45.8 Å². The summed E-state index contributed by atoms with van der Waals surface area (Å²) < 4.78 is 51.2. The van der Waals surface area contributed by atoms with Crippen LogP contribution in [0.2, 0.25) is 10.0 Å². The first-order chi connectivity index (χ1) is 21.9. The Kier molecular flexibility index (Phi) is 13.2. The quantitative estimate of drug-likeness (QED) is 0.193. The number of rotatable bonds is 16. The Morgan fingerprint density at radius 1 is 0.870 bits per heavy atom. The molecule has 0 bridgehead atoms. The molecule has 0 aromatic heterocycles. The maximum absolute atomic E-state index is 14.4. The third-order valence-corrected chi connectivity index (χ3v) is 9.57.